The molecule has 1 aromatic heterocycles. The van der Waals surface area contributed by atoms with E-state index in [1.54, 1.807) is 36.8 Å². The lowest BCUT2D eigenvalue weighted by molar-refractivity contribution is -0.129. The Morgan fingerprint density at radius 1 is 1.48 bits per heavy atom. The van der Waals surface area contributed by atoms with Gasteiger partial charge in [-0.15, -0.1) is 0 Å². The molecular formula is C21H29N3O5. The second-order valence-electron chi connectivity index (χ2n) is 7.54. The van der Waals surface area contributed by atoms with E-state index in [-0.39, 0.29) is 41.9 Å². The monoisotopic (exact) mass is 403 g/mol. The molecule has 0 aromatic carbocycles. The average molecular weight is 403 g/mol. The van der Waals surface area contributed by atoms with Gasteiger partial charge in [0.15, 0.2) is 0 Å². The van der Waals surface area contributed by atoms with Gasteiger partial charge in [-0.3, -0.25) is 9.59 Å². The fourth-order valence-corrected chi connectivity index (χ4v) is 2.97. The second kappa shape index (κ2) is 9.72. The maximum atomic E-state index is 13.2. The highest BCUT2D eigenvalue weighted by Crippen LogP contribution is 2.27. The first kappa shape index (κ1) is 22.7. The Morgan fingerprint density at radius 3 is 2.76 bits per heavy atom. The van der Waals surface area contributed by atoms with Gasteiger partial charge in [0.1, 0.15) is 17.8 Å². The van der Waals surface area contributed by atoms with Crippen molar-refractivity contribution in [1.82, 2.24) is 14.8 Å². The van der Waals surface area contributed by atoms with Crippen LogP contribution in [0.3, 0.4) is 0 Å². The SMILES string of the molecule is CC(=O)N(C)C[C@@H]1Oc2ncc(C#C[C@H](C)O)cc2C(=O)N([C@H](C)CO)C[C@@H]1C. The summed E-state index contributed by atoms with van der Waals surface area (Å²) in [7, 11) is 1.69. The standard InChI is InChI=1S/C21H29N3O5/c1-13-10-24(14(2)12-25)21(28)18-8-17(7-6-15(3)26)9-22-20(18)29-19(13)11-23(5)16(4)27/h8-9,13-15,19,25-26H,10-12H2,1-5H3/t13-,14+,15-,19-/m0/s1. The number of pyridine rings is 1. The zero-order valence-electron chi connectivity index (χ0n) is 17.5. The lowest BCUT2D eigenvalue weighted by Crippen LogP contribution is -2.50. The van der Waals surface area contributed by atoms with E-state index in [0.29, 0.717) is 18.7 Å². The van der Waals surface area contributed by atoms with Crippen LogP contribution in [0.25, 0.3) is 0 Å². The van der Waals surface area contributed by atoms with Crippen LogP contribution in [-0.4, -0.2) is 81.8 Å². The number of amides is 2. The zero-order valence-corrected chi connectivity index (χ0v) is 17.5. The molecule has 1 aliphatic heterocycles. The van der Waals surface area contributed by atoms with Crippen LogP contribution >= 0.6 is 0 Å². The number of aromatic nitrogens is 1. The number of aliphatic hydroxyl groups excluding tert-OH is 2. The second-order valence-corrected chi connectivity index (χ2v) is 7.54. The molecule has 2 amide bonds. The Morgan fingerprint density at radius 2 is 2.17 bits per heavy atom. The molecule has 0 spiro atoms. The normalized spacial score (nSPS) is 20.9. The molecule has 2 rings (SSSR count). The molecule has 2 heterocycles. The smallest absolute Gasteiger partial charge is 0.259 e. The molecule has 158 valence electrons. The van der Waals surface area contributed by atoms with E-state index >= 15 is 0 Å². The van der Waals surface area contributed by atoms with Gasteiger partial charge in [0, 0.05) is 38.2 Å². The fraction of sp³-hybridized carbons (Fsp3) is 0.571. The van der Waals surface area contributed by atoms with Crippen molar-refractivity contribution in [3.8, 4) is 17.7 Å². The Kier molecular flexibility index (Phi) is 7.59. The summed E-state index contributed by atoms with van der Waals surface area (Å²) in [6, 6.07) is 1.19. The van der Waals surface area contributed by atoms with Crippen LogP contribution in [0.5, 0.6) is 5.88 Å². The van der Waals surface area contributed by atoms with Crippen LogP contribution < -0.4 is 4.74 Å². The maximum Gasteiger partial charge on any atom is 0.259 e. The molecule has 0 fully saturated rings. The third-order valence-electron chi connectivity index (χ3n) is 4.94. The van der Waals surface area contributed by atoms with Crippen molar-refractivity contribution in [3.63, 3.8) is 0 Å². The van der Waals surface area contributed by atoms with Crippen molar-refractivity contribution in [2.75, 3.05) is 26.7 Å². The number of carbonyl (C=O) groups excluding carboxylic acids is 2. The van der Waals surface area contributed by atoms with E-state index < -0.39 is 12.1 Å². The van der Waals surface area contributed by atoms with Crippen LogP contribution in [0, 0.1) is 17.8 Å². The number of carbonyl (C=O) groups is 2. The highest BCUT2D eigenvalue weighted by Gasteiger charge is 2.34. The molecule has 4 atom stereocenters. The van der Waals surface area contributed by atoms with Gasteiger partial charge in [-0.1, -0.05) is 18.8 Å². The van der Waals surface area contributed by atoms with E-state index in [4.69, 9.17) is 4.74 Å². The van der Waals surface area contributed by atoms with Gasteiger partial charge in [0.05, 0.1) is 19.2 Å². The summed E-state index contributed by atoms with van der Waals surface area (Å²) in [5.74, 6) is 5.09. The summed E-state index contributed by atoms with van der Waals surface area (Å²) in [5.41, 5.74) is 0.717. The van der Waals surface area contributed by atoms with E-state index in [9.17, 15) is 19.8 Å². The number of ether oxygens (including phenoxy) is 1. The number of hydrogen-bond acceptors (Lipinski definition) is 6. The van der Waals surface area contributed by atoms with Gasteiger partial charge < -0.3 is 24.7 Å². The first-order valence-corrected chi connectivity index (χ1v) is 9.63. The molecule has 0 saturated heterocycles. The van der Waals surface area contributed by atoms with Crippen LogP contribution in [-0.2, 0) is 4.79 Å². The highest BCUT2D eigenvalue weighted by molar-refractivity contribution is 5.97. The fourth-order valence-electron chi connectivity index (χ4n) is 2.97. The van der Waals surface area contributed by atoms with Crippen LogP contribution in [0.1, 0.15) is 43.6 Å². The van der Waals surface area contributed by atoms with E-state index in [1.807, 2.05) is 6.92 Å². The molecule has 0 saturated carbocycles. The van der Waals surface area contributed by atoms with E-state index in [1.165, 1.54) is 13.1 Å². The number of fused-ring (bicyclic) bond motifs is 1. The molecule has 0 radical (unpaired) electrons. The molecular weight excluding hydrogens is 374 g/mol. The lowest BCUT2D eigenvalue weighted by atomic mass is 10.00. The number of nitrogens with zero attached hydrogens (tertiary/aromatic N) is 3. The Labute approximate surface area is 171 Å². The highest BCUT2D eigenvalue weighted by atomic mass is 16.5. The van der Waals surface area contributed by atoms with Crippen molar-refractivity contribution < 1.29 is 24.5 Å². The third kappa shape index (κ3) is 5.68. The number of rotatable bonds is 4. The largest absolute Gasteiger partial charge is 0.472 e. The number of hydrogen-bond donors (Lipinski definition) is 2. The summed E-state index contributed by atoms with van der Waals surface area (Å²) < 4.78 is 6.07. The molecule has 0 unspecified atom stereocenters. The van der Waals surface area contributed by atoms with Crippen molar-refractivity contribution >= 4 is 11.8 Å². The van der Waals surface area contributed by atoms with Gasteiger partial charge in [-0.05, 0) is 19.9 Å². The Balaban J connectivity index is 2.49. The predicted octanol–water partition coefficient (Wildman–Crippen LogP) is 0.512. The van der Waals surface area contributed by atoms with Gasteiger partial charge in [0.2, 0.25) is 11.8 Å². The van der Waals surface area contributed by atoms with Crippen molar-refractivity contribution in [3.05, 3.63) is 23.4 Å². The van der Waals surface area contributed by atoms with Gasteiger partial charge >= 0.3 is 0 Å². The minimum absolute atomic E-state index is 0.0866. The summed E-state index contributed by atoms with van der Waals surface area (Å²) >= 11 is 0. The van der Waals surface area contributed by atoms with Crippen molar-refractivity contribution in [2.24, 2.45) is 5.92 Å². The molecule has 0 aliphatic carbocycles. The molecule has 0 bridgehead atoms. The van der Waals surface area contributed by atoms with Gasteiger partial charge in [0.25, 0.3) is 5.91 Å². The minimum atomic E-state index is -0.804. The quantitative estimate of drug-likeness (QED) is 0.710. The molecule has 8 heteroatoms. The van der Waals surface area contributed by atoms with E-state index in [2.05, 4.69) is 16.8 Å². The van der Waals surface area contributed by atoms with Crippen LogP contribution in [0.15, 0.2) is 12.3 Å². The van der Waals surface area contributed by atoms with E-state index in [0.717, 1.165) is 0 Å². The number of aliphatic hydroxyl groups is 2. The van der Waals surface area contributed by atoms with Gasteiger partial charge in [-0.25, -0.2) is 4.98 Å². The van der Waals surface area contributed by atoms with Crippen molar-refractivity contribution in [1.29, 1.82) is 0 Å². The summed E-state index contributed by atoms with van der Waals surface area (Å²) in [6.45, 7) is 7.27. The molecule has 8 nitrogen and oxygen atoms in total. The third-order valence-corrected chi connectivity index (χ3v) is 4.94. The van der Waals surface area contributed by atoms with Gasteiger partial charge in [-0.2, -0.15) is 0 Å². The molecule has 29 heavy (non-hydrogen) atoms. The topological polar surface area (TPSA) is 103 Å². The Bertz CT molecular complexity index is 814. The van der Waals surface area contributed by atoms with Crippen LogP contribution in [0.4, 0.5) is 0 Å². The zero-order chi connectivity index (χ0) is 21.7. The lowest BCUT2D eigenvalue weighted by Gasteiger charge is -2.37. The van der Waals surface area contributed by atoms with Crippen LogP contribution in [0.2, 0.25) is 0 Å². The summed E-state index contributed by atoms with van der Waals surface area (Å²) in [6.07, 6.45) is 0.299. The average Bonchev–Trinajstić information content (AvgIpc) is 2.68. The predicted molar refractivity (Wildman–Crippen MR) is 107 cm³/mol. The first-order chi connectivity index (χ1) is 13.6. The minimum Gasteiger partial charge on any atom is -0.472 e. The summed E-state index contributed by atoms with van der Waals surface area (Å²) in [5, 5.41) is 19.0. The first-order valence-electron chi connectivity index (χ1n) is 9.63. The summed E-state index contributed by atoms with van der Waals surface area (Å²) in [4.78, 5) is 32.3. The molecule has 2 N–H and O–H groups in total. The molecule has 1 aliphatic rings. The number of likely N-dealkylation sites (N-methyl/N-ethyl adjacent to an activating group) is 1. The Hall–Kier alpha value is -2.63. The van der Waals surface area contributed by atoms with Crippen molar-refractivity contribution in [2.45, 2.75) is 45.9 Å². The maximum absolute atomic E-state index is 13.2. The molecule has 1 aromatic rings.